The molecule has 0 bridgehead atoms. The molecule has 0 aromatic carbocycles. The smallest absolute Gasteiger partial charge is 0.359 e. The van der Waals surface area contributed by atoms with E-state index in [-0.39, 0.29) is 10.7 Å². The Morgan fingerprint density at radius 3 is 2.60 bits per heavy atom. The molecule has 0 spiro atoms. The minimum Gasteiger partial charge on any atom is -0.359 e. The molecular weight excluding hydrogens is 291 g/mol. The predicted molar refractivity (Wildman–Crippen MR) is 69.3 cm³/mol. The van der Waals surface area contributed by atoms with E-state index < -0.39 is 11.7 Å². The van der Waals surface area contributed by atoms with E-state index in [4.69, 9.17) is 11.6 Å². The van der Waals surface area contributed by atoms with Gasteiger partial charge < -0.3 is 4.98 Å². The summed E-state index contributed by atoms with van der Waals surface area (Å²) in [5.74, 6) is 0. The van der Waals surface area contributed by atoms with Crippen LogP contribution < -0.4 is 0 Å². The fraction of sp³-hybridized carbons (Fsp3) is 0.0769. The van der Waals surface area contributed by atoms with Crippen LogP contribution in [-0.4, -0.2) is 15.0 Å². The van der Waals surface area contributed by atoms with Crippen molar-refractivity contribution in [2.45, 2.75) is 6.18 Å². The van der Waals surface area contributed by atoms with Gasteiger partial charge in [0.05, 0.1) is 16.1 Å². The molecule has 3 aromatic heterocycles. The van der Waals surface area contributed by atoms with Crippen molar-refractivity contribution in [3.05, 3.63) is 47.4 Å². The van der Waals surface area contributed by atoms with Crippen LogP contribution >= 0.6 is 11.6 Å². The molecule has 0 fully saturated rings. The second-order valence-corrected chi connectivity index (χ2v) is 4.56. The van der Waals surface area contributed by atoms with Crippen molar-refractivity contribution in [3.63, 3.8) is 0 Å². The molecule has 1 N–H and O–H groups in total. The van der Waals surface area contributed by atoms with Gasteiger partial charge in [-0.3, -0.25) is 9.97 Å². The van der Waals surface area contributed by atoms with Gasteiger partial charge in [0.2, 0.25) is 0 Å². The Labute approximate surface area is 116 Å². The van der Waals surface area contributed by atoms with Crippen molar-refractivity contribution in [3.8, 4) is 11.4 Å². The molecule has 3 aromatic rings. The summed E-state index contributed by atoms with van der Waals surface area (Å²) in [7, 11) is 0. The van der Waals surface area contributed by atoms with E-state index in [0.717, 1.165) is 17.6 Å². The Morgan fingerprint density at radius 1 is 1.10 bits per heavy atom. The number of nitrogens with zero attached hydrogens (tertiary/aromatic N) is 2. The summed E-state index contributed by atoms with van der Waals surface area (Å²) in [6, 6.07) is 4.47. The first-order chi connectivity index (χ1) is 9.47. The molecule has 0 aliphatic rings. The van der Waals surface area contributed by atoms with Crippen molar-refractivity contribution in [2.75, 3.05) is 0 Å². The van der Waals surface area contributed by atoms with E-state index in [1.165, 1.54) is 0 Å². The zero-order valence-electron chi connectivity index (χ0n) is 9.87. The van der Waals surface area contributed by atoms with E-state index in [0.29, 0.717) is 11.2 Å². The van der Waals surface area contributed by atoms with Gasteiger partial charge in [0.1, 0.15) is 11.4 Å². The highest BCUT2D eigenvalue weighted by Crippen LogP contribution is 2.34. The second-order valence-electron chi connectivity index (χ2n) is 4.15. The van der Waals surface area contributed by atoms with Crippen LogP contribution in [0.1, 0.15) is 5.56 Å². The maximum atomic E-state index is 12.6. The lowest BCUT2D eigenvalue weighted by Gasteiger charge is -2.09. The number of hydrogen-bond donors (Lipinski definition) is 1. The van der Waals surface area contributed by atoms with Crippen molar-refractivity contribution in [1.29, 1.82) is 0 Å². The normalized spacial score (nSPS) is 12.0. The Balaban J connectivity index is 2.18. The largest absolute Gasteiger partial charge is 0.417 e. The van der Waals surface area contributed by atoms with Crippen LogP contribution in [0.25, 0.3) is 22.3 Å². The topological polar surface area (TPSA) is 41.6 Å². The molecule has 3 nitrogen and oxygen atoms in total. The summed E-state index contributed by atoms with van der Waals surface area (Å²) in [5.41, 5.74) is 0.436. The molecule has 102 valence electrons. The number of H-pyrrole nitrogens is 1. The summed E-state index contributed by atoms with van der Waals surface area (Å²) in [4.78, 5) is 10.9. The van der Waals surface area contributed by atoms with E-state index in [1.807, 2.05) is 6.07 Å². The van der Waals surface area contributed by atoms with E-state index in [9.17, 15) is 13.2 Å². The molecule has 0 radical (unpaired) electrons. The Morgan fingerprint density at radius 2 is 1.90 bits per heavy atom. The van der Waals surface area contributed by atoms with Gasteiger partial charge in [-0.1, -0.05) is 11.6 Å². The van der Waals surface area contributed by atoms with Gasteiger partial charge in [0, 0.05) is 24.0 Å². The third kappa shape index (κ3) is 2.12. The number of aromatic amines is 1. The first-order valence-corrected chi connectivity index (χ1v) is 6.00. The van der Waals surface area contributed by atoms with Crippen LogP contribution in [0.5, 0.6) is 0 Å². The Hall–Kier alpha value is -2.08. The van der Waals surface area contributed by atoms with Gasteiger partial charge in [-0.25, -0.2) is 0 Å². The van der Waals surface area contributed by atoms with Gasteiger partial charge in [0.15, 0.2) is 0 Å². The number of alkyl halides is 3. The number of hydrogen-bond acceptors (Lipinski definition) is 2. The molecular formula is C13H7ClF3N3. The van der Waals surface area contributed by atoms with E-state index in [2.05, 4.69) is 15.0 Å². The number of aromatic nitrogens is 3. The number of halogens is 4. The molecule has 0 saturated carbocycles. The molecule has 7 heteroatoms. The minimum absolute atomic E-state index is 0.0885. The van der Waals surface area contributed by atoms with Crippen molar-refractivity contribution in [2.24, 2.45) is 0 Å². The summed E-state index contributed by atoms with van der Waals surface area (Å²) in [6.07, 6.45) is -0.444. The maximum absolute atomic E-state index is 12.6. The maximum Gasteiger partial charge on any atom is 0.417 e. The quantitative estimate of drug-likeness (QED) is 0.727. The van der Waals surface area contributed by atoms with Crippen LogP contribution in [0.3, 0.4) is 0 Å². The van der Waals surface area contributed by atoms with Crippen LogP contribution in [0, 0.1) is 0 Å². The fourth-order valence-corrected chi connectivity index (χ4v) is 2.18. The Kier molecular flexibility index (Phi) is 2.90. The Bertz CT molecular complexity index is 780. The summed E-state index contributed by atoms with van der Waals surface area (Å²) in [6.45, 7) is 0. The van der Waals surface area contributed by atoms with Gasteiger partial charge in [-0.15, -0.1) is 0 Å². The van der Waals surface area contributed by atoms with Crippen LogP contribution in [-0.2, 0) is 6.18 Å². The average Bonchev–Trinajstić information content (AvgIpc) is 2.85. The highest BCUT2D eigenvalue weighted by Gasteiger charge is 2.31. The first-order valence-electron chi connectivity index (χ1n) is 5.62. The van der Waals surface area contributed by atoms with Gasteiger partial charge in [-0.05, 0) is 18.2 Å². The highest BCUT2D eigenvalue weighted by atomic mass is 35.5. The zero-order chi connectivity index (χ0) is 14.3. The van der Waals surface area contributed by atoms with E-state index in [1.54, 1.807) is 18.5 Å². The monoisotopic (exact) mass is 297 g/mol. The number of fused-ring (bicyclic) bond motifs is 1. The van der Waals surface area contributed by atoms with E-state index >= 15 is 0 Å². The minimum atomic E-state index is -4.47. The highest BCUT2D eigenvalue weighted by molar-refractivity contribution is 6.33. The lowest BCUT2D eigenvalue weighted by atomic mass is 10.1. The summed E-state index contributed by atoms with van der Waals surface area (Å²) < 4.78 is 37.8. The SMILES string of the molecule is FC(F)(F)c1cnc(-c2nccc3cc[nH]c23)c(Cl)c1. The van der Waals surface area contributed by atoms with Crippen LogP contribution in [0.15, 0.2) is 36.8 Å². The third-order valence-electron chi connectivity index (χ3n) is 2.87. The molecule has 0 aliphatic carbocycles. The summed E-state index contributed by atoms with van der Waals surface area (Å²) in [5, 5.41) is 0.794. The molecule has 3 heterocycles. The van der Waals surface area contributed by atoms with Gasteiger partial charge in [0.25, 0.3) is 0 Å². The number of rotatable bonds is 1. The summed E-state index contributed by atoms with van der Waals surface area (Å²) >= 11 is 5.92. The predicted octanol–water partition coefficient (Wildman–Crippen LogP) is 4.30. The average molecular weight is 298 g/mol. The first kappa shape index (κ1) is 12.9. The zero-order valence-corrected chi connectivity index (χ0v) is 10.6. The van der Waals surface area contributed by atoms with Crippen molar-refractivity contribution >= 4 is 22.5 Å². The number of nitrogens with one attached hydrogen (secondary N) is 1. The molecule has 0 unspecified atom stereocenters. The lowest BCUT2D eigenvalue weighted by Crippen LogP contribution is -2.06. The lowest BCUT2D eigenvalue weighted by molar-refractivity contribution is -0.137. The molecule has 20 heavy (non-hydrogen) atoms. The molecule has 0 saturated heterocycles. The molecule has 3 rings (SSSR count). The van der Waals surface area contributed by atoms with Crippen LogP contribution in [0.4, 0.5) is 13.2 Å². The second kappa shape index (κ2) is 4.49. The third-order valence-corrected chi connectivity index (χ3v) is 3.15. The number of pyridine rings is 2. The molecule has 0 atom stereocenters. The molecule has 0 aliphatic heterocycles. The van der Waals surface area contributed by atoms with Gasteiger partial charge >= 0.3 is 6.18 Å². The van der Waals surface area contributed by atoms with Crippen molar-refractivity contribution in [1.82, 2.24) is 15.0 Å². The van der Waals surface area contributed by atoms with Crippen molar-refractivity contribution < 1.29 is 13.2 Å². The molecule has 0 amide bonds. The van der Waals surface area contributed by atoms with Crippen LogP contribution in [0.2, 0.25) is 5.02 Å². The van der Waals surface area contributed by atoms with Gasteiger partial charge in [-0.2, -0.15) is 13.2 Å². The fourth-order valence-electron chi connectivity index (χ4n) is 1.93. The standard InChI is InChI=1S/C13H7ClF3N3/c14-9-5-8(13(15,16)17)6-20-11(9)12-10-7(1-3-18-10)2-4-19-12/h1-6,18H.